The summed E-state index contributed by atoms with van der Waals surface area (Å²) in [5, 5.41) is 3.17. The summed E-state index contributed by atoms with van der Waals surface area (Å²) in [6.07, 6.45) is 2.58. The van der Waals surface area contributed by atoms with Crippen LogP contribution < -0.4 is 15.0 Å². The Morgan fingerprint density at radius 3 is 2.47 bits per heavy atom. The molecule has 4 heteroatoms. The number of anilines is 1. The van der Waals surface area contributed by atoms with E-state index in [-0.39, 0.29) is 17.9 Å². The van der Waals surface area contributed by atoms with E-state index in [4.69, 9.17) is 4.74 Å². The highest BCUT2D eigenvalue weighted by molar-refractivity contribution is 5.96. The number of benzene rings is 2. The Hall–Kier alpha value is -2.49. The molecule has 1 amide bonds. The lowest BCUT2D eigenvalue weighted by Gasteiger charge is -2.33. The number of carbonyl (C=O) groups is 1. The van der Waals surface area contributed by atoms with E-state index < -0.39 is 0 Å². The fraction of sp³-hybridized carbons (Fsp3) is 0.500. The summed E-state index contributed by atoms with van der Waals surface area (Å²) >= 11 is 0. The molecule has 0 unspecified atom stereocenters. The molecule has 30 heavy (non-hydrogen) atoms. The summed E-state index contributed by atoms with van der Waals surface area (Å²) in [6, 6.07) is 12.5. The molecule has 0 aliphatic carbocycles. The van der Waals surface area contributed by atoms with Crippen LogP contribution in [0.25, 0.3) is 0 Å². The van der Waals surface area contributed by atoms with Gasteiger partial charge in [-0.2, -0.15) is 0 Å². The molecule has 1 aliphatic rings. The number of hydrogen-bond acceptors (Lipinski definition) is 3. The second-order valence-electron chi connectivity index (χ2n) is 9.04. The topological polar surface area (TPSA) is 41.6 Å². The van der Waals surface area contributed by atoms with Crippen LogP contribution in [-0.4, -0.2) is 26.1 Å². The van der Waals surface area contributed by atoms with Crippen molar-refractivity contribution in [3.63, 3.8) is 0 Å². The van der Waals surface area contributed by atoms with Crippen molar-refractivity contribution in [2.45, 2.75) is 59.4 Å². The van der Waals surface area contributed by atoms with Gasteiger partial charge < -0.3 is 15.0 Å². The zero-order valence-electron chi connectivity index (χ0n) is 19.3. The lowest BCUT2D eigenvalue weighted by molar-refractivity contribution is 0.0939. The van der Waals surface area contributed by atoms with Gasteiger partial charge in [0.2, 0.25) is 0 Å². The lowest BCUT2D eigenvalue weighted by Crippen LogP contribution is -2.34. The van der Waals surface area contributed by atoms with Crippen LogP contribution in [0, 0.1) is 12.8 Å². The van der Waals surface area contributed by atoms with Gasteiger partial charge in [-0.1, -0.05) is 32.9 Å². The molecule has 162 valence electrons. The zero-order valence-corrected chi connectivity index (χ0v) is 19.3. The van der Waals surface area contributed by atoms with Crippen molar-refractivity contribution in [3.8, 4) is 5.75 Å². The molecular weight excluding hydrogens is 372 g/mol. The predicted octanol–water partition coefficient (Wildman–Crippen LogP) is 5.85. The molecule has 0 bridgehead atoms. The molecule has 3 rings (SSSR count). The maximum atomic E-state index is 13.0. The third-order valence-corrected chi connectivity index (χ3v) is 6.21. The number of nitrogens with one attached hydrogen (secondary N) is 1. The van der Waals surface area contributed by atoms with Crippen molar-refractivity contribution in [3.05, 3.63) is 58.7 Å². The third-order valence-electron chi connectivity index (χ3n) is 6.21. The summed E-state index contributed by atoms with van der Waals surface area (Å²) < 4.78 is 5.50. The molecule has 2 aromatic carbocycles. The Kier molecular flexibility index (Phi) is 7.06. The van der Waals surface area contributed by atoms with Crippen LogP contribution in [0.3, 0.4) is 0 Å². The average Bonchev–Trinajstić information content (AvgIpc) is 2.73. The van der Waals surface area contributed by atoms with Crippen LogP contribution >= 0.6 is 0 Å². The van der Waals surface area contributed by atoms with Crippen LogP contribution in [0.1, 0.15) is 79.5 Å². The van der Waals surface area contributed by atoms with Crippen LogP contribution in [0.4, 0.5) is 5.69 Å². The number of piperidine rings is 1. The van der Waals surface area contributed by atoms with Gasteiger partial charge in [0, 0.05) is 24.3 Å². The minimum Gasteiger partial charge on any atom is -0.496 e. The Labute approximate surface area is 181 Å². The van der Waals surface area contributed by atoms with E-state index in [0.717, 1.165) is 41.4 Å². The van der Waals surface area contributed by atoms with Gasteiger partial charge in [0.25, 0.3) is 5.91 Å². The van der Waals surface area contributed by atoms with E-state index in [2.05, 4.69) is 55.3 Å². The Balaban J connectivity index is 1.72. The van der Waals surface area contributed by atoms with Crippen molar-refractivity contribution in [2.24, 2.45) is 5.92 Å². The fourth-order valence-electron chi connectivity index (χ4n) is 4.33. The summed E-state index contributed by atoms with van der Waals surface area (Å²) in [5.74, 6) is 1.84. The van der Waals surface area contributed by atoms with Crippen molar-refractivity contribution < 1.29 is 9.53 Å². The molecular formula is C26H36N2O2. The molecule has 1 saturated heterocycles. The largest absolute Gasteiger partial charge is 0.496 e. The zero-order chi connectivity index (χ0) is 21.8. The summed E-state index contributed by atoms with van der Waals surface area (Å²) in [6.45, 7) is 12.8. The maximum absolute atomic E-state index is 13.0. The molecule has 0 aromatic heterocycles. The van der Waals surface area contributed by atoms with Crippen molar-refractivity contribution in [1.29, 1.82) is 0 Å². The van der Waals surface area contributed by atoms with E-state index in [0.29, 0.717) is 5.56 Å². The normalized spacial score (nSPS) is 17.7. The van der Waals surface area contributed by atoms with Crippen molar-refractivity contribution in [2.75, 3.05) is 25.1 Å². The second-order valence-corrected chi connectivity index (χ2v) is 9.04. The SMILES string of the molecule is COc1cc(C)c(C(=O)N[C@@H](C)c2ccc(N3CCC[C@H](C)C3)cc2)cc1C(C)C. The summed E-state index contributed by atoms with van der Waals surface area (Å²) in [4.78, 5) is 15.5. The molecule has 1 fully saturated rings. The number of carbonyl (C=O) groups excluding carboxylic acids is 1. The lowest BCUT2D eigenvalue weighted by atomic mass is 9.95. The molecule has 4 nitrogen and oxygen atoms in total. The van der Waals surface area contributed by atoms with Gasteiger partial charge in [0.1, 0.15) is 5.75 Å². The summed E-state index contributed by atoms with van der Waals surface area (Å²) in [7, 11) is 1.68. The van der Waals surface area contributed by atoms with Gasteiger partial charge in [-0.25, -0.2) is 0 Å². The van der Waals surface area contributed by atoms with Gasteiger partial charge >= 0.3 is 0 Å². The van der Waals surface area contributed by atoms with E-state index >= 15 is 0 Å². The highest BCUT2D eigenvalue weighted by Crippen LogP contribution is 2.30. The van der Waals surface area contributed by atoms with Crippen LogP contribution in [0.5, 0.6) is 5.75 Å². The number of nitrogens with zero attached hydrogens (tertiary/aromatic N) is 1. The highest BCUT2D eigenvalue weighted by atomic mass is 16.5. The average molecular weight is 409 g/mol. The van der Waals surface area contributed by atoms with E-state index in [1.807, 2.05) is 26.0 Å². The smallest absolute Gasteiger partial charge is 0.252 e. The number of amides is 1. The van der Waals surface area contributed by atoms with Gasteiger partial charge in [-0.15, -0.1) is 0 Å². The van der Waals surface area contributed by atoms with E-state index in [1.165, 1.54) is 18.5 Å². The van der Waals surface area contributed by atoms with Gasteiger partial charge in [-0.05, 0) is 79.5 Å². The van der Waals surface area contributed by atoms with Crippen molar-refractivity contribution in [1.82, 2.24) is 5.32 Å². The number of ether oxygens (including phenoxy) is 1. The first kappa shape index (κ1) is 22.2. The van der Waals surface area contributed by atoms with Gasteiger partial charge in [0.15, 0.2) is 0 Å². The van der Waals surface area contributed by atoms with Gasteiger partial charge in [-0.3, -0.25) is 4.79 Å². The fourth-order valence-corrected chi connectivity index (χ4v) is 4.33. The quantitative estimate of drug-likeness (QED) is 0.651. The van der Waals surface area contributed by atoms with E-state index in [1.54, 1.807) is 7.11 Å². The molecule has 0 spiro atoms. The Morgan fingerprint density at radius 2 is 1.87 bits per heavy atom. The predicted molar refractivity (Wildman–Crippen MR) is 125 cm³/mol. The Morgan fingerprint density at radius 1 is 1.17 bits per heavy atom. The monoisotopic (exact) mass is 408 g/mol. The van der Waals surface area contributed by atoms with Crippen LogP contribution in [-0.2, 0) is 0 Å². The molecule has 1 N–H and O–H groups in total. The second kappa shape index (κ2) is 9.55. The first-order valence-electron chi connectivity index (χ1n) is 11.1. The first-order chi connectivity index (χ1) is 14.3. The number of methoxy groups -OCH3 is 1. The maximum Gasteiger partial charge on any atom is 0.252 e. The molecule has 1 heterocycles. The minimum atomic E-state index is -0.0594. The molecule has 2 aromatic rings. The Bertz CT molecular complexity index is 873. The highest BCUT2D eigenvalue weighted by Gasteiger charge is 2.19. The van der Waals surface area contributed by atoms with Crippen LogP contribution in [0.15, 0.2) is 36.4 Å². The number of aryl methyl sites for hydroxylation is 1. The molecule has 2 atom stereocenters. The number of rotatable bonds is 6. The van der Waals surface area contributed by atoms with Crippen LogP contribution in [0.2, 0.25) is 0 Å². The number of hydrogen-bond donors (Lipinski definition) is 1. The minimum absolute atomic E-state index is 0.0431. The first-order valence-corrected chi connectivity index (χ1v) is 11.1. The van der Waals surface area contributed by atoms with Gasteiger partial charge in [0.05, 0.1) is 13.2 Å². The molecule has 0 saturated carbocycles. The summed E-state index contributed by atoms with van der Waals surface area (Å²) in [5.41, 5.74) is 5.09. The third kappa shape index (κ3) is 4.97. The molecule has 1 aliphatic heterocycles. The van der Waals surface area contributed by atoms with E-state index in [9.17, 15) is 4.79 Å². The van der Waals surface area contributed by atoms with Crippen molar-refractivity contribution >= 4 is 11.6 Å². The molecule has 0 radical (unpaired) electrons. The standard InChI is InChI=1S/C26H36N2O2/c1-17(2)23-15-24(19(4)14-25(23)30-6)26(29)27-20(5)21-9-11-22(12-10-21)28-13-7-8-18(3)16-28/h9-12,14-15,17-18,20H,7-8,13,16H2,1-6H3,(H,27,29)/t18-,20-/m0/s1.